The Hall–Kier alpha value is -3.74. The van der Waals surface area contributed by atoms with Crippen molar-refractivity contribution in [2.24, 2.45) is 0 Å². The molecule has 0 unspecified atom stereocenters. The largest absolute Gasteiger partial charge is 0.341 e. The van der Waals surface area contributed by atoms with Gasteiger partial charge in [-0.15, -0.1) is 0 Å². The van der Waals surface area contributed by atoms with Gasteiger partial charge in [0.05, 0.1) is 17.0 Å². The number of hydrogen-bond acceptors (Lipinski definition) is 2. The van der Waals surface area contributed by atoms with Crippen LogP contribution in [0, 0.1) is 19.7 Å². The lowest BCUT2D eigenvalue weighted by atomic mass is 9.94. The molecular weight excluding hydrogens is 483 g/mol. The molecular formula is C31H27FN2O2S. The molecule has 0 aliphatic carbocycles. The number of fused-ring (bicyclic) bond motifs is 3. The number of benzene rings is 4. The lowest BCUT2D eigenvalue weighted by molar-refractivity contribution is 0.216. The molecule has 0 radical (unpaired) electrons. The van der Waals surface area contributed by atoms with Gasteiger partial charge < -0.3 is 4.57 Å². The van der Waals surface area contributed by atoms with E-state index < -0.39 is 22.1 Å². The number of sulfonamides is 1. The monoisotopic (exact) mass is 510 g/mol. The third-order valence-corrected chi connectivity index (χ3v) is 9.30. The molecule has 4 aromatic carbocycles. The van der Waals surface area contributed by atoms with E-state index in [4.69, 9.17) is 0 Å². The number of rotatable bonds is 4. The van der Waals surface area contributed by atoms with Gasteiger partial charge in [-0.2, -0.15) is 4.31 Å². The van der Waals surface area contributed by atoms with Gasteiger partial charge in [0, 0.05) is 23.1 Å². The second kappa shape index (κ2) is 8.98. The van der Waals surface area contributed by atoms with Crippen molar-refractivity contribution in [3.63, 3.8) is 0 Å². The molecule has 0 fully saturated rings. The van der Waals surface area contributed by atoms with Crippen LogP contribution in [0.5, 0.6) is 0 Å². The minimum Gasteiger partial charge on any atom is -0.341 e. The van der Waals surface area contributed by atoms with Crippen LogP contribution in [-0.4, -0.2) is 17.3 Å². The van der Waals surface area contributed by atoms with Gasteiger partial charge in [-0.25, -0.2) is 12.8 Å². The molecule has 6 rings (SSSR count). The predicted octanol–water partition coefficient (Wildman–Crippen LogP) is 6.93. The zero-order valence-corrected chi connectivity index (χ0v) is 21.5. The summed E-state index contributed by atoms with van der Waals surface area (Å²) in [5, 5.41) is 1.09. The summed E-state index contributed by atoms with van der Waals surface area (Å²) in [7, 11) is -3.95. The third kappa shape index (κ3) is 3.88. The first kappa shape index (κ1) is 23.6. The van der Waals surface area contributed by atoms with Crippen LogP contribution >= 0.6 is 0 Å². The van der Waals surface area contributed by atoms with Crippen molar-refractivity contribution in [3.8, 4) is 0 Å². The van der Waals surface area contributed by atoms with E-state index in [9.17, 15) is 12.8 Å². The summed E-state index contributed by atoms with van der Waals surface area (Å²) in [5.41, 5.74) is 5.63. The standard InChI is InChI=1S/C31H27FN2O2S/c1-21-12-18-26(19-13-21)37(35,36)34-29(23-8-4-3-5-9-23)20-33-28-11-7-6-10-27(28)22(2)30(33)31(34)24-14-16-25(32)17-15-24/h3-19,29,31H,20H2,1-2H3/t29-,31-/m0/s1. The fourth-order valence-electron chi connectivity index (χ4n) is 5.62. The normalized spacial score (nSPS) is 18.1. The quantitative estimate of drug-likeness (QED) is 0.263. The highest BCUT2D eigenvalue weighted by atomic mass is 32.2. The Labute approximate surface area is 216 Å². The average molecular weight is 511 g/mol. The van der Waals surface area contributed by atoms with Crippen molar-refractivity contribution in [2.75, 3.05) is 0 Å². The van der Waals surface area contributed by atoms with Crippen molar-refractivity contribution in [2.45, 2.75) is 37.4 Å². The summed E-state index contributed by atoms with van der Waals surface area (Å²) in [6.45, 7) is 4.45. The van der Waals surface area contributed by atoms with E-state index in [1.165, 1.54) is 12.1 Å². The number of hydrogen-bond donors (Lipinski definition) is 0. The van der Waals surface area contributed by atoms with Crippen LogP contribution < -0.4 is 0 Å². The van der Waals surface area contributed by atoms with Gasteiger partial charge in [-0.1, -0.05) is 78.4 Å². The molecule has 0 amide bonds. The maximum absolute atomic E-state index is 14.5. The molecule has 0 saturated heterocycles. The highest BCUT2D eigenvalue weighted by molar-refractivity contribution is 7.89. The van der Waals surface area contributed by atoms with Crippen LogP contribution in [0.4, 0.5) is 4.39 Å². The van der Waals surface area contributed by atoms with Crippen molar-refractivity contribution >= 4 is 20.9 Å². The summed E-state index contributed by atoms with van der Waals surface area (Å²) < 4.78 is 46.9. The molecule has 5 aromatic rings. The Balaban J connectivity index is 1.68. The van der Waals surface area contributed by atoms with E-state index in [1.54, 1.807) is 28.6 Å². The molecule has 0 N–H and O–H groups in total. The number of aryl methyl sites for hydroxylation is 2. The van der Waals surface area contributed by atoms with Gasteiger partial charge in [0.25, 0.3) is 0 Å². The van der Waals surface area contributed by atoms with E-state index in [1.807, 2.05) is 68.4 Å². The Morgan fingerprint density at radius 3 is 2.11 bits per heavy atom. The van der Waals surface area contributed by atoms with Crippen LogP contribution in [0.25, 0.3) is 10.9 Å². The SMILES string of the molecule is Cc1ccc(S(=O)(=O)N2[C@@H](c3ccc(F)cc3)c3c(C)c4ccccc4n3C[C@H]2c2ccccc2)cc1. The Morgan fingerprint density at radius 1 is 0.757 bits per heavy atom. The van der Waals surface area contributed by atoms with Gasteiger partial charge in [0.1, 0.15) is 5.82 Å². The molecule has 186 valence electrons. The first-order valence-electron chi connectivity index (χ1n) is 12.3. The summed E-state index contributed by atoms with van der Waals surface area (Å²) >= 11 is 0. The second-order valence-corrected chi connectivity index (χ2v) is 11.5. The molecule has 0 spiro atoms. The lowest BCUT2D eigenvalue weighted by Crippen LogP contribution is -2.45. The van der Waals surface area contributed by atoms with Crippen LogP contribution in [0.1, 0.15) is 40.0 Å². The zero-order valence-electron chi connectivity index (χ0n) is 20.7. The van der Waals surface area contributed by atoms with Crippen molar-refractivity contribution in [1.82, 2.24) is 8.87 Å². The summed E-state index contributed by atoms with van der Waals surface area (Å²) in [5.74, 6) is -0.357. The van der Waals surface area contributed by atoms with E-state index in [-0.39, 0.29) is 10.7 Å². The van der Waals surface area contributed by atoms with Gasteiger partial charge in [-0.3, -0.25) is 0 Å². The van der Waals surface area contributed by atoms with Gasteiger partial charge in [0.2, 0.25) is 10.0 Å². The van der Waals surface area contributed by atoms with Crippen LogP contribution in [0.2, 0.25) is 0 Å². The van der Waals surface area contributed by atoms with Crippen LogP contribution in [0.3, 0.4) is 0 Å². The number of nitrogens with zero attached hydrogens (tertiary/aromatic N) is 2. The second-order valence-electron chi connectivity index (χ2n) is 9.67. The number of para-hydroxylation sites is 1. The molecule has 1 aliphatic rings. The average Bonchev–Trinajstić information content (AvgIpc) is 3.20. The topological polar surface area (TPSA) is 42.3 Å². The molecule has 4 nitrogen and oxygen atoms in total. The summed E-state index contributed by atoms with van der Waals surface area (Å²) in [6, 6.07) is 30.0. The maximum atomic E-state index is 14.5. The molecule has 0 saturated carbocycles. The Bertz CT molecular complexity index is 1690. The predicted molar refractivity (Wildman–Crippen MR) is 144 cm³/mol. The smallest absolute Gasteiger partial charge is 0.244 e. The molecule has 2 heterocycles. The fraction of sp³-hybridized carbons (Fsp3) is 0.161. The van der Waals surface area contributed by atoms with Crippen molar-refractivity contribution in [3.05, 3.63) is 137 Å². The summed E-state index contributed by atoms with van der Waals surface area (Å²) in [6.07, 6.45) is 0. The molecule has 2 atom stereocenters. The molecule has 1 aliphatic heterocycles. The van der Waals surface area contributed by atoms with Crippen LogP contribution in [0.15, 0.2) is 108 Å². The molecule has 1 aromatic heterocycles. The maximum Gasteiger partial charge on any atom is 0.244 e. The van der Waals surface area contributed by atoms with Crippen molar-refractivity contribution in [1.29, 1.82) is 0 Å². The first-order chi connectivity index (χ1) is 17.9. The molecule has 6 heteroatoms. The van der Waals surface area contributed by atoms with E-state index in [2.05, 4.69) is 16.7 Å². The first-order valence-corrected chi connectivity index (χ1v) is 13.8. The van der Waals surface area contributed by atoms with E-state index in [0.717, 1.165) is 38.9 Å². The number of aromatic nitrogens is 1. The van der Waals surface area contributed by atoms with Gasteiger partial charge in [-0.05, 0) is 60.9 Å². The minimum atomic E-state index is -3.95. The number of halogens is 1. The van der Waals surface area contributed by atoms with Crippen molar-refractivity contribution < 1.29 is 12.8 Å². The highest BCUT2D eigenvalue weighted by Crippen LogP contribution is 2.48. The fourth-order valence-corrected chi connectivity index (χ4v) is 7.36. The molecule has 37 heavy (non-hydrogen) atoms. The Kier molecular flexibility index (Phi) is 5.74. The lowest BCUT2D eigenvalue weighted by Gasteiger charge is -2.43. The highest BCUT2D eigenvalue weighted by Gasteiger charge is 2.45. The Morgan fingerprint density at radius 2 is 1.41 bits per heavy atom. The zero-order chi connectivity index (χ0) is 25.7. The molecule has 0 bridgehead atoms. The van der Waals surface area contributed by atoms with E-state index in [0.29, 0.717) is 6.54 Å². The van der Waals surface area contributed by atoms with Gasteiger partial charge >= 0.3 is 0 Å². The summed E-state index contributed by atoms with van der Waals surface area (Å²) in [4.78, 5) is 0.244. The van der Waals surface area contributed by atoms with E-state index >= 15 is 0 Å². The third-order valence-electron chi connectivity index (χ3n) is 7.42. The van der Waals surface area contributed by atoms with Crippen LogP contribution in [-0.2, 0) is 16.6 Å². The minimum absolute atomic E-state index is 0.244. The van der Waals surface area contributed by atoms with Gasteiger partial charge in [0.15, 0.2) is 0 Å².